The van der Waals surface area contributed by atoms with Crippen molar-refractivity contribution in [2.45, 2.75) is 46.6 Å². The number of nitrogens with zero attached hydrogens (tertiary/aromatic N) is 4. The zero-order valence-electron chi connectivity index (χ0n) is 18.3. The van der Waals surface area contributed by atoms with Crippen LogP contribution in [0.5, 0.6) is 0 Å². The van der Waals surface area contributed by atoms with E-state index in [2.05, 4.69) is 25.4 Å². The summed E-state index contributed by atoms with van der Waals surface area (Å²) < 4.78 is 0. The van der Waals surface area contributed by atoms with E-state index < -0.39 is 0 Å². The Hall–Kier alpha value is -1.83. The second-order valence-electron chi connectivity index (χ2n) is 8.71. The van der Waals surface area contributed by atoms with Gasteiger partial charge < -0.3 is 20.4 Å². The van der Waals surface area contributed by atoms with Gasteiger partial charge in [-0.15, -0.1) is 0 Å². The number of rotatable bonds is 5. The van der Waals surface area contributed by atoms with E-state index in [4.69, 9.17) is 0 Å². The van der Waals surface area contributed by atoms with Crippen LogP contribution in [0.2, 0.25) is 0 Å². The maximum absolute atomic E-state index is 12.6. The fraction of sp³-hybridized carbons (Fsp3) is 0.850. The van der Waals surface area contributed by atoms with Gasteiger partial charge >= 0.3 is 0 Å². The van der Waals surface area contributed by atoms with Crippen molar-refractivity contribution in [1.82, 2.24) is 25.3 Å². The second kappa shape index (κ2) is 10.1. The number of carbonyl (C=O) groups is 2. The summed E-state index contributed by atoms with van der Waals surface area (Å²) in [4.78, 5) is 35.4. The molecule has 1 atom stereocenters. The first kappa shape index (κ1) is 22.5. The first-order chi connectivity index (χ1) is 13.2. The van der Waals surface area contributed by atoms with Gasteiger partial charge in [0.05, 0.1) is 6.04 Å². The number of guanidine groups is 1. The van der Waals surface area contributed by atoms with Crippen LogP contribution in [0.1, 0.15) is 40.5 Å². The van der Waals surface area contributed by atoms with Crippen LogP contribution in [0.25, 0.3) is 0 Å². The molecule has 0 aromatic carbocycles. The van der Waals surface area contributed by atoms with Crippen molar-refractivity contribution in [2.24, 2.45) is 10.4 Å². The van der Waals surface area contributed by atoms with E-state index in [0.717, 1.165) is 58.1 Å². The van der Waals surface area contributed by atoms with Crippen molar-refractivity contribution >= 4 is 17.8 Å². The summed E-state index contributed by atoms with van der Waals surface area (Å²) in [6.45, 7) is 14.1. The predicted molar refractivity (Wildman–Crippen MR) is 112 cm³/mol. The molecule has 2 aliphatic heterocycles. The first-order valence-electron chi connectivity index (χ1n) is 10.5. The number of amides is 2. The summed E-state index contributed by atoms with van der Waals surface area (Å²) in [5, 5.41) is 6.27. The third-order valence-electron chi connectivity index (χ3n) is 5.52. The lowest BCUT2D eigenvalue weighted by molar-refractivity contribution is -0.135. The number of piperazine rings is 1. The molecule has 8 heteroatoms. The highest BCUT2D eigenvalue weighted by Gasteiger charge is 2.30. The number of hydrogen-bond acceptors (Lipinski definition) is 4. The van der Waals surface area contributed by atoms with Crippen molar-refractivity contribution in [3.63, 3.8) is 0 Å². The van der Waals surface area contributed by atoms with Crippen LogP contribution in [0.4, 0.5) is 0 Å². The van der Waals surface area contributed by atoms with E-state index in [9.17, 15) is 9.59 Å². The van der Waals surface area contributed by atoms with Crippen molar-refractivity contribution in [3.8, 4) is 0 Å². The van der Waals surface area contributed by atoms with E-state index in [1.165, 1.54) is 0 Å². The molecule has 2 heterocycles. The smallest absolute Gasteiger partial charge is 0.239 e. The minimum Gasteiger partial charge on any atom is -0.354 e. The number of likely N-dealkylation sites (tertiary alicyclic amines) is 1. The maximum Gasteiger partial charge on any atom is 0.239 e. The minimum absolute atomic E-state index is 0.0505. The standard InChI is InChI=1S/C20H38N6O2/c1-16(17(27)25-10-6-7-11-25)24-12-14-26(15-13-24)19(21-5)23-9-8-22-18(28)20(2,3)4/h16H,6-15H2,1-5H3,(H,21,23)(H,22,28). The molecule has 2 rings (SSSR count). The third kappa shape index (κ3) is 6.09. The molecule has 0 radical (unpaired) electrons. The van der Waals surface area contributed by atoms with Crippen LogP contribution >= 0.6 is 0 Å². The Labute approximate surface area is 169 Å². The normalized spacial score (nSPS) is 20.2. The summed E-state index contributed by atoms with van der Waals surface area (Å²) in [5.74, 6) is 1.17. The monoisotopic (exact) mass is 394 g/mol. The average Bonchev–Trinajstić information content (AvgIpc) is 3.21. The maximum atomic E-state index is 12.6. The van der Waals surface area contributed by atoms with Crippen molar-refractivity contribution in [2.75, 3.05) is 59.4 Å². The second-order valence-corrected chi connectivity index (χ2v) is 8.71. The lowest BCUT2D eigenvalue weighted by Crippen LogP contribution is -2.57. The topological polar surface area (TPSA) is 80.3 Å². The third-order valence-corrected chi connectivity index (χ3v) is 5.52. The average molecular weight is 395 g/mol. The van der Waals surface area contributed by atoms with E-state index >= 15 is 0 Å². The van der Waals surface area contributed by atoms with E-state index in [0.29, 0.717) is 13.1 Å². The highest BCUT2D eigenvalue weighted by atomic mass is 16.2. The lowest BCUT2D eigenvalue weighted by Gasteiger charge is -2.39. The van der Waals surface area contributed by atoms with E-state index in [-0.39, 0.29) is 23.3 Å². The first-order valence-corrected chi connectivity index (χ1v) is 10.5. The molecule has 2 fully saturated rings. The molecule has 2 saturated heterocycles. The van der Waals surface area contributed by atoms with Gasteiger partial charge in [-0.1, -0.05) is 20.8 Å². The Morgan fingerprint density at radius 2 is 1.50 bits per heavy atom. The molecule has 0 saturated carbocycles. The molecular formula is C20H38N6O2. The van der Waals surface area contributed by atoms with Gasteiger partial charge in [-0.25, -0.2) is 0 Å². The molecular weight excluding hydrogens is 356 g/mol. The minimum atomic E-state index is -0.374. The number of carbonyl (C=O) groups excluding carboxylic acids is 2. The molecule has 0 aromatic heterocycles. The zero-order chi connectivity index (χ0) is 20.7. The van der Waals surface area contributed by atoms with Crippen LogP contribution in [-0.2, 0) is 9.59 Å². The Balaban J connectivity index is 1.73. The van der Waals surface area contributed by atoms with Gasteiger partial charge in [0.1, 0.15) is 0 Å². The van der Waals surface area contributed by atoms with Gasteiger partial charge in [0, 0.05) is 64.8 Å². The number of hydrogen-bond donors (Lipinski definition) is 2. The molecule has 1 unspecified atom stereocenters. The molecule has 2 N–H and O–H groups in total. The van der Waals surface area contributed by atoms with Crippen molar-refractivity contribution in [1.29, 1.82) is 0 Å². The Bertz CT molecular complexity index is 558. The fourth-order valence-electron chi connectivity index (χ4n) is 3.63. The summed E-state index contributed by atoms with van der Waals surface area (Å²) in [6.07, 6.45) is 2.26. The Morgan fingerprint density at radius 1 is 0.929 bits per heavy atom. The Kier molecular flexibility index (Phi) is 8.10. The summed E-state index contributed by atoms with van der Waals surface area (Å²) >= 11 is 0. The van der Waals surface area contributed by atoms with Crippen LogP contribution < -0.4 is 10.6 Å². The molecule has 160 valence electrons. The van der Waals surface area contributed by atoms with Gasteiger partial charge in [-0.3, -0.25) is 19.5 Å². The van der Waals surface area contributed by atoms with Crippen LogP contribution in [0.15, 0.2) is 4.99 Å². The van der Waals surface area contributed by atoms with Crippen LogP contribution in [0, 0.1) is 5.41 Å². The van der Waals surface area contributed by atoms with Crippen LogP contribution in [0.3, 0.4) is 0 Å². The highest BCUT2D eigenvalue weighted by Crippen LogP contribution is 2.14. The van der Waals surface area contributed by atoms with Crippen molar-refractivity contribution < 1.29 is 9.59 Å². The highest BCUT2D eigenvalue weighted by molar-refractivity contribution is 5.82. The molecule has 8 nitrogen and oxygen atoms in total. The molecule has 2 amide bonds. The zero-order valence-corrected chi connectivity index (χ0v) is 18.3. The molecule has 2 aliphatic rings. The molecule has 0 spiro atoms. The summed E-state index contributed by atoms with van der Waals surface area (Å²) in [5.41, 5.74) is -0.374. The molecule has 0 aromatic rings. The predicted octanol–water partition coefficient (Wildman–Crippen LogP) is 0.353. The van der Waals surface area contributed by atoms with Gasteiger partial charge in [0.2, 0.25) is 11.8 Å². The summed E-state index contributed by atoms with van der Waals surface area (Å²) in [6, 6.07) is -0.0529. The van der Waals surface area contributed by atoms with E-state index in [1.807, 2.05) is 32.6 Å². The Morgan fingerprint density at radius 3 is 2.04 bits per heavy atom. The molecule has 28 heavy (non-hydrogen) atoms. The SMILES string of the molecule is CN=C(NCCNC(=O)C(C)(C)C)N1CCN(C(C)C(=O)N2CCCC2)CC1. The van der Waals surface area contributed by atoms with Gasteiger partial charge in [0.15, 0.2) is 5.96 Å². The van der Waals surface area contributed by atoms with E-state index in [1.54, 1.807) is 7.05 Å². The van der Waals surface area contributed by atoms with Crippen molar-refractivity contribution in [3.05, 3.63) is 0 Å². The van der Waals surface area contributed by atoms with Gasteiger partial charge in [-0.05, 0) is 19.8 Å². The van der Waals surface area contributed by atoms with Gasteiger partial charge in [0.25, 0.3) is 0 Å². The molecule has 0 aliphatic carbocycles. The molecule has 0 bridgehead atoms. The summed E-state index contributed by atoms with van der Waals surface area (Å²) in [7, 11) is 1.78. The van der Waals surface area contributed by atoms with Gasteiger partial charge in [-0.2, -0.15) is 0 Å². The number of nitrogens with one attached hydrogen (secondary N) is 2. The number of aliphatic imine (C=N–C) groups is 1. The quantitative estimate of drug-likeness (QED) is 0.400. The lowest BCUT2D eigenvalue weighted by atomic mass is 9.96. The van der Waals surface area contributed by atoms with Crippen LogP contribution in [-0.4, -0.2) is 97.9 Å². The largest absolute Gasteiger partial charge is 0.354 e. The fourth-order valence-corrected chi connectivity index (χ4v) is 3.63.